The highest BCUT2D eigenvalue weighted by Crippen LogP contribution is 2.36. The number of carbonyl (C=O) groups is 2. The van der Waals surface area contributed by atoms with Crippen LogP contribution in [0.5, 0.6) is 0 Å². The molecule has 4 aromatic rings. The van der Waals surface area contributed by atoms with Crippen molar-refractivity contribution in [2.24, 2.45) is 0 Å². The number of aliphatic carboxylic acids is 1. The van der Waals surface area contributed by atoms with Crippen molar-refractivity contribution in [3.8, 4) is 11.1 Å². The molecule has 0 saturated carbocycles. The smallest absolute Gasteiger partial charge is 0.416 e. The van der Waals surface area contributed by atoms with Gasteiger partial charge in [0.15, 0.2) is 0 Å². The molecule has 0 aliphatic rings. The molecule has 0 unspecified atom stereocenters. The molecule has 0 aliphatic carbocycles. The summed E-state index contributed by atoms with van der Waals surface area (Å²) < 4.78 is 48.4. The first kappa shape index (κ1) is 34.9. The zero-order chi connectivity index (χ0) is 34.7. The average Bonchev–Trinajstić information content (AvgIpc) is 2.93. The molecule has 1 amide bonds. The van der Waals surface area contributed by atoms with Gasteiger partial charge in [0.2, 0.25) is 0 Å². The van der Waals surface area contributed by atoms with Gasteiger partial charge in [0.05, 0.1) is 17.1 Å². The third-order valence-electron chi connectivity index (χ3n) is 7.28. The van der Waals surface area contributed by atoms with Crippen molar-refractivity contribution in [2.75, 3.05) is 10.6 Å². The minimum atomic E-state index is -4.67. The quantitative estimate of drug-likeness (QED) is 0.147. The summed E-state index contributed by atoms with van der Waals surface area (Å²) in [6, 6.07) is 9.64. The van der Waals surface area contributed by atoms with Crippen LogP contribution in [-0.2, 0) is 22.3 Å². The molecule has 3 N–H and O–H groups in total. The number of ether oxygens (including phenoxy) is 1. The van der Waals surface area contributed by atoms with Gasteiger partial charge in [-0.05, 0) is 113 Å². The van der Waals surface area contributed by atoms with Gasteiger partial charge in [0.1, 0.15) is 17.2 Å². The highest BCUT2D eigenvalue weighted by Gasteiger charge is 2.32. The number of carboxylic acid groups (broad SMARTS) is 1. The zero-order valence-electron chi connectivity index (χ0n) is 27.1. The van der Waals surface area contributed by atoms with E-state index >= 15 is 0 Å². The standard InChI is InChI=1S/C34H38F3N5O5/c1-19-13-28-27(18-26(19)22-10-12-42(29(43)16-22)11-8-7-9-30(44)45)31(40-21(3)39-28)38-20(2)23-14-24(34(35,36)37)17-25(15-23)41-32(46)47-33(4,5)6/h10,12-18,20H,7-9,11H2,1-6H3,(H,41,46)(H,44,45)(H,38,39,40)/t20-/m1/s1. The molecule has 47 heavy (non-hydrogen) atoms. The van der Waals surface area contributed by atoms with Crippen molar-refractivity contribution in [3.63, 3.8) is 0 Å². The Morgan fingerprint density at radius 3 is 2.38 bits per heavy atom. The first-order valence-corrected chi connectivity index (χ1v) is 15.1. The van der Waals surface area contributed by atoms with Crippen LogP contribution in [0.2, 0.25) is 0 Å². The Morgan fingerprint density at radius 2 is 1.74 bits per heavy atom. The Labute approximate surface area is 270 Å². The fourth-order valence-corrected chi connectivity index (χ4v) is 5.08. The summed E-state index contributed by atoms with van der Waals surface area (Å²) in [6.07, 6.45) is -2.83. The van der Waals surface area contributed by atoms with Gasteiger partial charge in [-0.1, -0.05) is 0 Å². The van der Waals surface area contributed by atoms with Gasteiger partial charge >= 0.3 is 18.2 Å². The van der Waals surface area contributed by atoms with Crippen molar-refractivity contribution >= 4 is 34.5 Å². The van der Waals surface area contributed by atoms with Crippen LogP contribution in [0, 0.1) is 13.8 Å². The first-order chi connectivity index (χ1) is 21.9. The number of pyridine rings is 1. The van der Waals surface area contributed by atoms with Crippen molar-refractivity contribution in [1.82, 2.24) is 14.5 Å². The van der Waals surface area contributed by atoms with Gasteiger partial charge in [0, 0.05) is 36.3 Å². The Kier molecular flexibility index (Phi) is 10.3. The van der Waals surface area contributed by atoms with Gasteiger partial charge in [-0.15, -0.1) is 0 Å². The molecule has 250 valence electrons. The second kappa shape index (κ2) is 13.8. The number of alkyl halides is 3. The van der Waals surface area contributed by atoms with Crippen molar-refractivity contribution in [2.45, 2.75) is 85.2 Å². The maximum Gasteiger partial charge on any atom is 0.416 e. The Morgan fingerprint density at radius 1 is 1.02 bits per heavy atom. The lowest BCUT2D eigenvalue weighted by molar-refractivity contribution is -0.138. The van der Waals surface area contributed by atoms with Gasteiger partial charge in [-0.2, -0.15) is 13.2 Å². The number of hydrogen-bond donors (Lipinski definition) is 3. The van der Waals surface area contributed by atoms with E-state index in [4.69, 9.17) is 9.84 Å². The predicted octanol–water partition coefficient (Wildman–Crippen LogP) is 7.87. The fraction of sp³-hybridized carbons (Fsp3) is 0.382. The fourth-order valence-electron chi connectivity index (χ4n) is 5.08. The molecule has 0 radical (unpaired) electrons. The van der Waals surface area contributed by atoms with Crippen LogP contribution in [0.25, 0.3) is 22.0 Å². The molecule has 4 rings (SSSR count). The SMILES string of the molecule is Cc1nc(N[C@H](C)c2cc(NC(=O)OC(C)(C)C)cc(C(F)(F)F)c2)c2cc(-c3ccn(CCCCC(=O)O)c(=O)c3)c(C)cc2n1. The summed E-state index contributed by atoms with van der Waals surface area (Å²) >= 11 is 0. The van der Waals surface area contributed by atoms with E-state index in [2.05, 4.69) is 20.6 Å². The van der Waals surface area contributed by atoms with Crippen LogP contribution in [0.4, 0.5) is 29.5 Å². The maximum absolute atomic E-state index is 13.9. The molecule has 1 atom stereocenters. The number of carbonyl (C=O) groups excluding carboxylic acids is 1. The minimum Gasteiger partial charge on any atom is -0.481 e. The zero-order valence-corrected chi connectivity index (χ0v) is 27.1. The molecule has 0 bridgehead atoms. The number of amides is 1. The van der Waals surface area contributed by atoms with E-state index in [0.717, 1.165) is 23.3 Å². The molecule has 0 saturated heterocycles. The molecule has 0 spiro atoms. The molecule has 10 nitrogen and oxygen atoms in total. The Hall–Kier alpha value is -4.94. The number of halogens is 3. The first-order valence-electron chi connectivity index (χ1n) is 15.1. The Balaban J connectivity index is 1.67. The van der Waals surface area contributed by atoms with E-state index in [9.17, 15) is 27.6 Å². The van der Waals surface area contributed by atoms with Crippen LogP contribution in [0.15, 0.2) is 53.5 Å². The summed E-state index contributed by atoms with van der Waals surface area (Å²) in [5.74, 6) is -0.0510. The number of rotatable bonds is 10. The van der Waals surface area contributed by atoms with E-state index in [1.165, 1.54) is 16.7 Å². The van der Waals surface area contributed by atoms with E-state index in [1.54, 1.807) is 46.9 Å². The monoisotopic (exact) mass is 653 g/mol. The second-order valence-corrected chi connectivity index (χ2v) is 12.4. The number of nitrogens with one attached hydrogen (secondary N) is 2. The Bertz CT molecular complexity index is 1860. The molecule has 0 fully saturated rings. The lowest BCUT2D eigenvalue weighted by Crippen LogP contribution is -2.27. The van der Waals surface area contributed by atoms with Crippen molar-refractivity contribution in [1.29, 1.82) is 0 Å². The normalized spacial score (nSPS) is 12.5. The predicted molar refractivity (Wildman–Crippen MR) is 174 cm³/mol. The molecule has 0 aliphatic heterocycles. The number of aromatic nitrogens is 3. The van der Waals surface area contributed by atoms with Gasteiger partial charge < -0.3 is 19.7 Å². The van der Waals surface area contributed by atoms with E-state index in [-0.39, 0.29) is 23.2 Å². The summed E-state index contributed by atoms with van der Waals surface area (Å²) in [5, 5.41) is 15.1. The number of carboxylic acids is 1. The average molecular weight is 654 g/mol. The minimum absolute atomic E-state index is 0.0392. The summed E-state index contributed by atoms with van der Waals surface area (Å²) in [7, 11) is 0. The number of benzene rings is 2. The van der Waals surface area contributed by atoms with Crippen LogP contribution in [-0.4, -0.2) is 37.3 Å². The van der Waals surface area contributed by atoms with Crippen LogP contribution in [0.1, 0.15) is 75.5 Å². The van der Waals surface area contributed by atoms with E-state index < -0.39 is 35.4 Å². The molecular formula is C34H38F3N5O5. The number of hydrogen-bond acceptors (Lipinski definition) is 7. The summed E-state index contributed by atoms with van der Waals surface area (Å²) in [6.45, 7) is 10.6. The molecular weight excluding hydrogens is 615 g/mol. The highest BCUT2D eigenvalue weighted by atomic mass is 19.4. The summed E-state index contributed by atoms with van der Waals surface area (Å²) in [5.41, 5.74) is 1.03. The maximum atomic E-state index is 13.9. The van der Waals surface area contributed by atoms with Gasteiger partial charge in [-0.3, -0.25) is 14.9 Å². The molecule has 13 heteroatoms. The number of nitrogens with zero attached hydrogens (tertiary/aromatic N) is 3. The highest BCUT2D eigenvalue weighted by molar-refractivity contribution is 5.94. The molecule has 2 aromatic heterocycles. The van der Waals surface area contributed by atoms with Gasteiger partial charge in [-0.25, -0.2) is 14.8 Å². The number of unbranched alkanes of at least 4 members (excludes halogenated alkanes) is 1. The second-order valence-electron chi connectivity index (χ2n) is 12.4. The number of anilines is 2. The molecule has 2 heterocycles. The summed E-state index contributed by atoms with van der Waals surface area (Å²) in [4.78, 5) is 45.1. The van der Waals surface area contributed by atoms with Crippen LogP contribution in [0.3, 0.4) is 0 Å². The van der Waals surface area contributed by atoms with Crippen molar-refractivity contribution in [3.05, 3.63) is 81.5 Å². The van der Waals surface area contributed by atoms with E-state index in [0.29, 0.717) is 47.5 Å². The molecule has 2 aromatic carbocycles. The third-order valence-corrected chi connectivity index (χ3v) is 7.28. The number of fused-ring (bicyclic) bond motifs is 1. The number of aryl methyl sites for hydroxylation is 3. The lowest BCUT2D eigenvalue weighted by Gasteiger charge is -2.22. The van der Waals surface area contributed by atoms with Crippen LogP contribution < -0.4 is 16.2 Å². The lowest BCUT2D eigenvalue weighted by atomic mass is 9.98. The van der Waals surface area contributed by atoms with Crippen molar-refractivity contribution < 1.29 is 32.6 Å². The topological polar surface area (TPSA) is 135 Å². The van der Waals surface area contributed by atoms with Gasteiger partial charge in [0.25, 0.3) is 5.56 Å². The largest absolute Gasteiger partial charge is 0.481 e. The van der Waals surface area contributed by atoms with Crippen LogP contribution >= 0.6 is 0 Å². The van der Waals surface area contributed by atoms with E-state index in [1.807, 2.05) is 19.1 Å². The third kappa shape index (κ3) is 9.30.